The first-order chi connectivity index (χ1) is 15.2. The number of methoxy groups -OCH3 is 1. The van der Waals surface area contributed by atoms with E-state index in [1.54, 1.807) is 26.0 Å². The average Bonchev–Trinajstić information content (AvgIpc) is 3.39. The van der Waals surface area contributed by atoms with Crippen LogP contribution in [0.3, 0.4) is 0 Å². The van der Waals surface area contributed by atoms with Crippen LogP contribution in [0.15, 0.2) is 22.6 Å². The van der Waals surface area contributed by atoms with Crippen molar-refractivity contribution in [2.24, 2.45) is 0 Å². The molecule has 32 heavy (non-hydrogen) atoms. The summed E-state index contributed by atoms with van der Waals surface area (Å²) < 4.78 is 24.1. The molecule has 2 amide bonds. The first-order valence-electron chi connectivity index (χ1n) is 11.0. The van der Waals surface area contributed by atoms with Gasteiger partial charge in [0, 0.05) is 30.8 Å². The predicted octanol–water partition coefficient (Wildman–Crippen LogP) is 3.58. The van der Waals surface area contributed by atoms with E-state index in [1.165, 1.54) is 14.0 Å². The molecule has 1 fully saturated rings. The van der Waals surface area contributed by atoms with Crippen LogP contribution >= 0.6 is 0 Å². The Morgan fingerprint density at radius 2 is 2.06 bits per heavy atom. The number of halogens is 1. The van der Waals surface area contributed by atoms with Crippen molar-refractivity contribution in [3.63, 3.8) is 0 Å². The summed E-state index contributed by atoms with van der Waals surface area (Å²) in [5.41, 5.74) is 1.12. The molecule has 9 heteroatoms. The molecule has 1 aromatic heterocycles. The molecule has 2 heterocycles. The van der Waals surface area contributed by atoms with Gasteiger partial charge in [-0.05, 0) is 51.3 Å². The SMILES string of the molecule is COC(C)(C)C(=O)N[C@@H]1CCCCC1N1Cc2ccc(-c3nnc(C(C)F)o3)cc2C1=O. The molecular formula is C23H29FN4O4. The number of alkyl halides is 1. The quantitative estimate of drug-likeness (QED) is 0.732. The van der Waals surface area contributed by atoms with E-state index in [4.69, 9.17) is 9.15 Å². The van der Waals surface area contributed by atoms with Gasteiger partial charge < -0.3 is 19.4 Å². The van der Waals surface area contributed by atoms with Gasteiger partial charge in [-0.25, -0.2) is 4.39 Å². The van der Waals surface area contributed by atoms with Crippen LogP contribution in [0, 0.1) is 0 Å². The van der Waals surface area contributed by atoms with Crippen molar-refractivity contribution in [1.29, 1.82) is 0 Å². The zero-order valence-electron chi connectivity index (χ0n) is 18.9. The van der Waals surface area contributed by atoms with Crippen LogP contribution in [0.2, 0.25) is 0 Å². The molecule has 0 radical (unpaired) electrons. The molecule has 3 atom stereocenters. The number of aromatic nitrogens is 2. The van der Waals surface area contributed by atoms with Gasteiger partial charge in [0.05, 0.1) is 6.04 Å². The smallest absolute Gasteiger partial charge is 0.254 e. The Morgan fingerprint density at radius 1 is 1.31 bits per heavy atom. The predicted molar refractivity (Wildman–Crippen MR) is 114 cm³/mol. The number of benzene rings is 1. The number of nitrogens with zero attached hydrogens (tertiary/aromatic N) is 3. The molecular weight excluding hydrogens is 415 g/mol. The van der Waals surface area contributed by atoms with E-state index in [0.717, 1.165) is 31.2 Å². The summed E-state index contributed by atoms with van der Waals surface area (Å²) in [7, 11) is 1.51. The van der Waals surface area contributed by atoms with Crippen molar-refractivity contribution in [3.8, 4) is 11.5 Å². The van der Waals surface area contributed by atoms with Gasteiger partial charge in [-0.2, -0.15) is 0 Å². The first kappa shape index (κ1) is 22.4. The van der Waals surface area contributed by atoms with E-state index in [9.17, 15) is 14.0 Å². The van der Waals surface area contributed by atoms with Gasteiger partial charge in [-0.15, -0.1) is 10.2 Å². The summed E-state index contributed by atoms with van der Waals surface area (Å²) in [5, 5.41) is 10.7. The lowest BCUT2D eigenvalue weighted by Gasteiger charge is -2.39. The second-order valence-electron chi connectivity index (χ2n) is 9.01. The Morgan fingerprint density at radius 3 is 2.75 bits per heavy atom. The van der Waals surface area contributed by atoms with Gasteiger partial charge in [-0.3, -0.25) is 9.59 Å². The molecule has 172 valence electrons. The summed E-state index contributed by atoms with van der Waals surface area (Å²) in [5.74, 6) is -0.174. The third-order valence-electron chi connectivity index (χ3n) is 6.47. The summed E-state index contributed by atoms with van der Waals surface area (Å²) >= 11 is 0. The molecule has 2 aliphatic rings. The largest absolute Gasteiger partial charge is 0.418 e. The minimum Gasteiger partial charge on any atom is -0.418 e. The molecule has 8 nitrogen and oxygen atoms in total. The molecule has 1 aromatic carbocycles. The monoisotopic (exact) mass is 444 g/mol. The van der Waals surface area contributed by atoms with Crippen LogP contribution < -0.4 is 5.32 Å². The van der Waals surface area contributed by atoms with Crippen LogP contribution in [0.1, 0.15) is 74.4 Å². The second kappa shape index (κ2) is 8.61. The lowest BCUT2D eigenvalue weighted by atomic mass is 9.88. The third-order valence-corrected chi connectivity index (χ3v) is 6.47. The van der Waals surface area contributed by atoms with E-state index in [2.05, 4.69) is 15.5 Å². The fraction of sp³-hybridized carbons (Fsp3) is 0.565. The van der Waals surface area contributed by atoms with Crippen molar-refractivity contribution in [3.05, 3.63) is 35.2 Å². The molecule has 2 unspecified atom stereocenters. The average molecular weight is 445 g/mol. The molecule has 1 N–H and O–H groups in total. The van der Waals surface area contributed by atoms with Crippen molar-refractivity contribution >= 4 is 11.8 Å². The van der Waals surface area contributed by atoms with Gasteiger partial charge in [0.2, 0.25) is 5.89 Å². The van der Waals surface area contributed by atoms with E-state index in [1.807, 2.05) is 11.0 Å². The van der Waals surface area contributed by atoms with E-state index >= 15 is 0 Å². The summed E-state index contributed by atoms with van der Waals surface area (Å²) in [4.78, 5) is 27.9. The van der Waals surface area contributed by atoms with Crippen LogP contribution in [-0.2, 0) is 16.1 Å². The highest BCUT2D eigenvalue weighted by molar-refractivity contribution is 5.99. The Hall–Kier alpha value is -2.81. The number of nitrogens with one attached hydrogen (secondary N) is 1. The summed E-state index contributed by atoms with van der Waals surface area (Å²) in [6.07, 6.45) is 2.28. The van der Waals surface area contributed by atoms with E-state index < -0.39 is 11.8 Å². The number of carbonyl (C=O) groups is 2. The van der Waals surface area contributed by atoms with Crippen LogP contribution in [-0.4, -0.2) is 51.7 Å². The van der Waals surface area contributed by atoms with Crippen molar-refractivity contribution < 1.29 is 23.1 Å². The Labute approximate surface area is 186 Å². The normalized spacial score (nSPS) is 22.0. The number of ether oxygens (including phenoxy) is 1. The maximum absolute atomic E-state index is 13.4. The zero-order chi connectivity index (χ0) is 23.0. The van der Waals surface area contributed by atoms with E-state index in [0.29, 0.717) is 17.7 Å². The molecule has 0 spiro atoms. The molecule has 4 rings (SSSR count). The van der Waals surface area contributed by atoms with Gasteiger partial charge in [-0.1, -0.05) is 18.9 Å². The Bertz CT molecular complexity index is 1020. The van der Waals surface area contributed by atoms with Crippen molar-refractivity contribution in [2.75, 3.05) is 7.11 Å². The highest BCUT2D eigenvalue weighted by Gasteiger charge is 2.40. The topological polar surface area (TPSA) is 97.6 Å². The number of hydrogen-bond donors (Lipinski definition) is 1. The van der Waals surface area contributed by atoms with Gasteiger partial charge in [0.1, 0.15) is 5.60 Å². The highest BCUT2D eigenvalue weighted by atomic mass is 19.1. The van der Waals surface area contributed by atoms with Gasteiger partial charge in [0.15, 0.2) is 6.17 Å². The minimum absolute atomic E-state index is 0.0856. The maximum Gasteiger partial charge on any atom is 0.254 e. The molecule has 1 saturated carbocycles. The van der Waals surface area contributed by atoms with Gasteiger partial charge >= 0.3 is 0 Å². The molecule has 0 bridgehead atoms. The Kier molecular flexibility index (Phi) is 6.03. The van der Waals surface area contributed by atoms with Crippen molar-refractivity contribution in [1.82, 2.24) is 20.4 Å². The fourth-order valence-corrected chi connectivity index (χ4v) is 4.32. The third kappa shape index (κ3) is 4.13. The summed E-state index contributed by atoms with van der Waals surface area (Å²) in [6.45, 7) is 5.26. The van der Waals surface area contributed by atoms with Crippen LogP contribution in [0.25, 0.3) is 11.5 Å². The minimum atomic E-state index is -1.36. The highest BCUT2D eigenvalue weighted by Crippen LogP contribution is 2.34. The molecule has 1 aliphatic carbocycles. The van der Waals surface area contributed by atoms with Crippen molar-refractivity contribution in [2.45, 2.75) is 76.9 Å². The lowest BCUT2D eigenvalue weighted by Crippen LogP contribution is -2.57. The standard InChI is InChI=1S/C23H29FN4O4/c1-13(24)19-26-27-20(32-19)14-9-10-15-12-28(21(29)16(15)11-14)18-8-6-5-7-17(18)25-22(30)23(2,3)31-4/h9-11,13,17-18H,5-8,12H2,1-4H3,(H,25,30)/t13?,17-,18?/m1/s1. The fourth-order valence-electron chi connectivity index (χ4n) is 4.32. The van der Waals surface area contributed by atoms with Gasteiger partial charge in [0.25, 0.3) is 17.7 Å². The lowest BCUT2D eigenvalue weighted by molar-refractivity contribution is -0.141. The number of carbonyl (C=O) groups excluding carboxylic acids is 2. The number of hydrogen-bond acceptors (Lipinski definition) is 6. The molecule has 0 saturated heterocycles. The van der Waals surface area contributed by atoms with E-state index in [-0.39, 0.29) is 35.7 Å². The molecule has 1 aliphatic heterocycles. The molecule has 2 aromatic rings. The summed E-state index contributed by atoms with van der Waals surface area (Å²) in [6, 6.07) is 5.17. The van der Waals surface area contributed by atoms with Crippen LogP contribution in [0.4, 0.5) is 4.39 Å². The number of fused-ring (bicyclic) bond motifs is 1. The zero-order valence-corrected chi connectivity index (χ0v) is 18.9. The Balaban J connectivity index is 1.54. The maximum atomic E-state index is 13.4. The first-order valence-corrected chi connectivity index (χ1v) is 11.0. The number of rotatable bonds is 6. The number of amides is 2. The van der Waals surface area contributed by atoms with Crippen LogP contribution in [0.5, 0.6) is 0 Å². The second-order valence-corrected chi connectivity index (χ2v) is 9.01.